The summed E-state index contributed by atoms with van der Waals surface area (Å²) >= 11 is 12.2. The van der Waals surface area contributed by atoms with Gasteiger partial charge in [-0.05, 0) is 30.3 Å². The van der Waals surface area contributed by atoms with Crippen LogP contribution in [0, 0.1) is 0 Å². The number of benzene rings is 2. The van der Waals surface area contributed by atoms with E-state index in [1.165, 1.54) is 11.2 Å². The normalized spacial score (nSPS) is 10.4. The lowest BCUT2D eigenvalue weighted by molar-refractivity contribution is 0.258. The van der Waals surface area contributed by atoms with Gasteiger partial charge in [-0.1, -0.05) is 35.3 Å². The Labute approximate surface area is 179 Å². The molecule has 0 radical (unpaired) electrons. The molecular weight excluding hydrogens is 411 g/mol. The van der Waals surface area contributed by atoms with Gasteiger partial charge >= 0.3 is 6.03 Å². The van der Waals surface area contributed by atoms with Crippen molar-refractivity contribution in [3.05, 3.63) is 64.9 Å². The molecule has 0 bridgehead atoms. The average molecular weight is 431 g/mol. The first kappa shape index (κ1) is 20.7. The summed E-state index contributed by atoms with van der Waals surface area (Å²) in [5.41, 5.74) is 2.27. The molecule has 29 heavy (non-hydrogen) atoms. The molecule has 1 heterocycles. The summed E-state index contributed by atoms with van der Waals surface area (Å²) < 4.78 is 0. The summed E-state index contributed by atoms with van der Waals surface area (Å²) in [6.45, 7) is 0. The van der Waals surface area contributed by atoms with Crippen molar-refractivity contribution in [2.75, 3.05) is 41.6 Å². The molecule has 9 heteroatoms. The van der Waals surface area contributed by atoms with E-state index < -0.39 is 6.03 Å². The third-order valence-electron chi connectivity index (χ3n) is 4.13. The highest BCUT2D eigenvalue weighted by molar-refractivity contribution is 6.39. The Balaban J connectivity index is 1.76. The number of carbonyl (C=O) groups excluding carboxylic acids is 1. The Morgan fingerprint density at radius 3 is 2.34 bits per heavy atom. The van der Waals surface area contributed by atoms with Crippen LogP contribution in [0.2, 0.25) is 10.0 Å². The van der Waals surface area contributed by atoms with E-state index in [1.807, 2.05) is 43.3 Å². The fraction of sp³-hybridized carbons (Fsp3) is 0.150. The number of urea groups is 1. The van der Waals surface area contributed by atoms with E-state index in [0.717, 1.165) is 11.4 Å². The smallest absolute Gasteiger partial charge is 0.327 e. The van der Waals surface area contributed by atoms with Gasteiger partial charge in [-0.15, -0.1) is 0 Å². The van der Waals surface area contributed by atoms with E-state index in [-0.39, 0.29) is 0 Å². The van der Waals surface area contributed by atoms with Crippen molar-refractivity contribution in [3.8, 4) is 0 Å². The van der Waals surface area contributed by atoms with Crippen LogP contribution in [0.5, 0.6) is 0 Å². The van der Waals surface area contributed by atoms with Crippen molar-refractivity contribution in [2.45, 2.75) is 0 Å². The fourth-order valence-electron chi connectivity index (χ4n) is 2.52. The molecule has 3 rings (SSSR count). The van der Waals surface area contributed by atoms with Crippen LogP contribution in [-0.4, -0.2) is 37.1 Å². The molecule has 2 N–H and O–H groups in total. The number of amides is 2. The topological polar surface area (TPSA) is 73.4 Å². The molecular formula is C20H20Cl2N6O. The van der Waals surface area contributed by atoms with E-state index in [4.69, 9.17) is 23.2 Å². The maximum Gasteiger partial charge on any atom is 0.327 e. The molecule has 150 valence electrons. The van der Waals surface area contributed by atoms with Gasteiger partial charge < -0.3 is 15.5 Å². The Kier molecular flexibility index (Phi) is 6.41. The summed E-state index contributed by atoms with van der Waals surface area (Å²) in [5, 5.41) is 6.63. The molecule has 2 aromatic carbocycles. The standard InChI is InChI=1S/C20H20Cl2N6O/c1-27(2)14-7-4-6-13(10-14)25-17-11-18(24-12-23-17)28(3)20(29)26-19-15(21)8-5-9-16(19)22/h4-12H,1-3H3,(H,26,29)(H,23,24,25). The number of nitrogens with one attached hydrogen (secondary N) is 2. The van der Waals surface area contributed by atoms with Crippen molar-refractivity contribution in [1.82, 2.24) is 9.97 Å². The van der Waals surface area contributed by atoms with Crippen LogP contribution < -0.4 is 20.4 Å². The zero-order valence-electron chi connectivity index (χ0n) is 16.1. The summed E-state index contributed by atoms with van der Waals surface area (Å²) in [6.07, 6.45) is 1.39. The minimum atomic E-state index is -0.431. The highest BCUT2D eigenvalue weighted by Crippen LogP contribution is 2.30. The van der Waals surface area contributed by atoms with Gasteiger partial charge in [0.05, 0.1) is 15.7 Å². The minimum Gasteiger partial charge on any atom is -0.378 e. The number of nitrogens with zero attached hydrogens (tertiary/aromatic N) is 4. The number of hydrogen-bond donors (Lipinski definition) is 2. The second-order valence-corrected chi connectivity index (χ2v) is 7.23. The van der Waals surface area contributed by atoms with Crippen molar-refractivity contribution >= 4 is 57.9 Å². The molecule has 1 aromatic heterocycles. The van der Waals surface area contributed by atoms with Crippen LogP contribution in [-0.2, 0) is 0 Å². The predicted molar refractivity (Wildman–Crippen MR) is 120 cm³/mol. The van der Waals surface area contributed by atoms with Crippen LogP contribution in [0.25, 0.3) is 0 Å². The van der Waals surface area contributed by atoms with Gasteiger partial charge in [-0.2, -0.15) is 0 Å². The van der Waals surface area contributed by atoms with Crippen LogP contribution in [0.3, 0.4) is 0 Å². The summed E-state index contributed by atoms with van der Waals surface area (Å²) in [6, 6.07) is 14.1. The molecule has 0 unspecified atom stereocenters. The lowest BCUT2D eigenvalue weighted by atomic mass is 10.2. The zero-order valence-corrected chi connectivity index (χ0v) is 17.7. The van der Waals surface area contributed by atoms with Gasteiger partial charge in [0.15, 0.2) is 0 Å². The van der Waals surface area contributed by atoms with Crippen molar-refractivity contribution in [2.24, 2.45) is 0 Å². The van der Waals surface area contributed by atoms with Crippen LogP contribution in [0.15, 0.2) is 54.9 Å². The van der Waals surface area contributed by atoms with Gasteiger partial charge in [0.2, 0.25) is 0 Å². The summed E-state index contributed by atoms with van der Waals surface area (Å²) in [5.74, 6) is 0.966. The number of carbonyl (C=O) groups is 1. The van der Waals surface area contributed by atoms with E-state index in [1.54, 1.807) is 31.3 Å². The SMILES string of the molecule is CN(C)c1cccc(Nc2cc(N(C)C(=O)Nc3c(Cl)cccc3Cl)ncn2)c1. The monoisotopic (exact) mass is 430 g/mol. The van der Waals surface area contributed by atoms with E-state index in [2.05, 4.69) is 20.6 Å². The highest BCUT2D eigenvalue weighted by atomic mass is 35.5. The number of rotatable bonds is 5. The molecule has 0 fully saturated rings. The first-order valence-corrected chi connectivity index (χ1v) is 9.46. The lowest BCUT2D eigenvalue weighted by Crippen LogP contribution is -2.32. The van der Waals surface area contributed by atoms with Crippen molar-refractivity contribution < 1.29 is 4.79 Å². The third-order valence-corrected chi connectivity index (χ3v) is 4.76. The Morgan fingerprint density at radius 1 is 0.966 bits per heavy atom. The number of halogens is 2. The predicted octanol–water partition coefficient (Wildman–Crippen LogP) is 5.26. The van der Waals surface area contributed by atoms with E-state index in [9.17, 15) is 4.79 Å². The molecule has 0 aliphatic rings. The molecule has 0 saturated carbocycles. The third kappa shape index (κ3) is 5.07. The molecule has 2 amide bonds. The Morgan fingerprint density at radius 2 is 1.66 bits per heavy atom. The molecule has 7 nitrogen and oxygen atoms in total. The minimum absolute atomic E-state index is 0.348. The molecule has 0 spiro atoms. The van der Waals surface area contributed by atoms with Gasteiger partial charge in [0.1, 0.15) is 18.0 Å². The maximum absolute atomic E-state index is 12.6. The molecule has 0 aliphatic carbocycles. The van der Waals surface area contributed by atoms with Crippen LogP contribution in [0.1, 0.15) is 0 Å². The number of aromatic nitrogens is 2. The number of anilines is 5. The maximum atomic E-state index is 12.6. The number of para-hydroxylation sites is 1. The first-order chi connectivity index (χ1) is 13.8. The fourth-order valence-corrected chi connectivity index (χ4v) is 3.01. The molecule has 3 aromatic rings. The summed E-state index contributed by atoms with van der Waals surface area (Å²) in [7, 11) is 5.54. The van der Waals surface area contributed by atoms with Crippen LogP contribution >= 0.6 is 23.2 Å². The van der Waals surface area contributed by atoms with E-state index in [0.29, 0.717) is 27.4 Å². The van der Waals surface area contributed by atoms with Gasteiger partial charge in [0, 0.05) is 38.6 Å². The van der Waals surface area contributed by atoms with Gasteiger partial charge in [0.25, 0.3) is 0 Å². The molecule has 0 aliphatic heterocycles. The molecule has 0 atom stereocenters. The number of hydrogen-bond acceptors (Lipinski definition) is 5. The average Bonchev–Trinajstić information content (AvgIpc) is 2.70. The largest absolute Gasteiger partial charge is 0.378 e. The summed E-state index contributed by atoms with van der Waals surface area (Å²) in [4.78, 5) is 24.4. The van der Waals surface area contributed by atoms with Crippen molar-refractivity contribution in [1.29, 1.82) is 0 Å². The van der Waals surface area contributed by atoms with Gasteiger partial charge in [-0.25, -0.2) is 14.8 Å². The zero-order chi connectivity index (χ0) is 21.0. The Hall–Kier alpha value is -3.03. The molecule has 0 saturated heterocycles. The van der Waals surface area contributed by atoms with Gasteiger partial charge in [-0.3, -0.25) is 4.90 Å². The Bertz CT molecular complexity index is 1010. The second-order valence-electron chi connectivity index (χ2n) is 6.42. The first-order valence-electron chi connectivity index (χ1n) is 8.70. The second kappa shape index (κ2) is 8.98. The highest BCUT2D eigenvalue weighted by Gasteiger charge is 2.16. The quantitative estimate of drug-likeness (QED) is 0.577. The van der Waals surface area contributed by atoms with Crippen LogP contribution in [0.4, 0.5) is 33.5 Å². The lowest BCUT2D eigenvalue weighted by Gasteiger charge is -2.19. The van der Waals surface area contributed by atoms with E-state index >= 15 is 0 Å². The van der Waals surface area contributed by atoms with Crippen molar-refractivity contribution in [3.63, 3.8) is 0 Å².